The number of rotatable bonds is 4. The third-order valence-corrected chi connectivity index (χ3v) is 9.07. The molecule has 0 bridgehead atoms. The zero-order valence-electron chi connectivity index (χ0n) is 21.1. The van der Waals surface area contributed by atoms with E-state index in [1.54, 1.807) is 5.30 Å². The molecule has 0 unspecified atom stereocenters. The molecule has 0 aliphatic carbocycles. The molecule has 0 heterocycles. The maximum Gasteiger partial charge on any atom is 4.00 e. The van der Waals surface area contributed by atoms with Crippen LogP contribution in [0.2, 0.25) is 0 Å². The zero-order chi connectivity index (χ0) is 22.7. The van der Waals surface area contributed by atoms with Gasteiger partial charge in [0.2, 0.25) is 0 Å². The molecule has 5 rings (SSSR count). The molecule has 0 fully saturated rings. The van der Waals surface area contributed by atoms with Gasteiger partial charge >= 0.3 is 21.7 Å². The van der Waals surface area contributed by atoms with Crippen LogP contribution in [0.5, 0.6) is 0 Å². The number of halogens is 2. The van der Waals surface area contributed by atoms with Crippen LogP contribution in [0, 0.1) is 6.92 Å². The Bertz CT molecular complexity index is 1260. The molecule has 180 valence electrons. The van der Waals surface area contributed by atoms with E-state index in [4.69, 9.17) is 0 Å². The summed E-state index contributed by atoms with van der Waals surface area (Å²) in [5.41, 5.74) is 5.49. The van der Waals surface area contributed by atoms with E-state index < -0.39 is 0 Å². The first kappa shape index (κ1) is 31.6. The molecule has 5 aromatic carbocycles. The van der Waals surface area contributed by atoms with Gasteiger partial charge in [0.15, 0.2) is 0 Å². The van der Waals surface area contributed by atoms with E-state index in [-0.39, 0.29) is 54.5 Å². The minimum absolute atomic E-state index is 0. The van der Waals surface area contributed by atoms with E-state index in [9.17, 15) is 0 Å². The van der Waals surface area contributed by atoms with Crippen LogP contribution >= 0.6 is 7.92 Å². The van der Waals surface area contributed by atoms with Crippen molar-refractivity contribution in [3.05, 3.63) is 103 Å². The standard InChI is InChI=1S/C16H13.C15H20P.2ClH.Ti/c1-12-10-14-8-5-9-15(16(14)11-12)13-6-3-2-4-7-13;1-11(2)16(12(3)4)15-9-13-7-5-6-8-14(13)10-15;;;/h2-11H,1H3;5-12H,1-4H3;2*1H;/q2*-1;;;+4/p-2. The van der Waals surface area contributed by atoms with Gasteiger partial charge in [-0.25, -0.2) is 0 Å². The molecular weight excluding hydrogens is 522 g/mol. The largest absolute Gasteiger partial charge is 4.00 e. The fourth-order valence-electron chi connectivity index (χ4n) is 4.73. The number of fused-ring (bicyclic) bond motifs is 2. The summed E-state index contributed by atoms with van der Waals surface area (Å²) in [6.07, 6.45) is 0. The van der Waals surface area contributed by atoms with Crippen molar-refractivity contribution in [2.45, 2.75) is 45.9 Å². The molecular formula is C31H33Cl2PTi. The van der Waals surface area contributed by atoms with Gasteiger partial charge in [0.25, 0.3) is 0 Å². The SMILES string of the molecule is CC(C)P(c1cc2ccccc2[cH-]1)C(C)C.Cc1cc2c(-c3ccccc3)cccc2[cH-]1.[Cl-].[Cl-].[Ti+4]. The molecule has 0 spiro atoms. The van der Waals surface area contributed by atoms with Crippen LogP contribution in [0.1, 0.15) is 33.3 Å². The second-order valence-electron chi connectivity index (χ2n) is 9.14. The Morgan fingerprint density at radius 1 is 0.657 bits per heavy atom. The summed E-state index contributed by atoms with van der Waals surface area (Å²) in [4.78, 5) is 0. The third kappa shape index (κ3) is 7.55. The van der Waals surface area contributed by atoms with Crippen LogP contribution in [0.3, 0.4) is 0 Å². The third-order valence-electron chi connectivity index (χ3n) is 5.99. The topological polar surface area (TPSA) is 0 Å². The Morgan fingerprint density at radius 2 is 1.26 bits per heavy atom. The van der Waals surface area contributed by atoms with Gasteiger partial charge in [-0.05, 0) is 16.9 Å². The van der Waals surface area contributed by atoms with E-state index in [0.717, 1.165) is 11.3 Å². The molecule has 0 nitrogen and oxygen atoms in total. The fourth-order valence-corrected chi connectivity index (χ4v) is 7.69. The summed E-state index contributed by atoms with van der Waals surface area (Å²) in [5, 5.41) is 7.05. The minimum atomic E-state index is -0.0206. The van der Waals surface area contributed by atoms with Gasteiger partial charge < -0.3 is 24.8 Å². The summed E-state index contributed by atoms with van der Waals surface area (Å²) in [5.74, 6) is 0. The van der Waals surface area contributed by atoms with Gasteiger partial charge in [-0.2, -0.15) is 12.1 Å². The van der Waals surface area contributed by atoms with E-state index in [1.807, 2.05) is 0 Å². The van der Waals surface area contributed by atoms with Crippen molar-refractivity contribution in [1.29, 1.82) is 0 Å². The summed E-state index contributed by atoms with van der Waals surface area (Å²) in [6.45, 7) is 11.5. The number of hydrogen-bond acceptors (Lipinski definition) is 0. The summed E-state index contributed by atoms with van der Waals surface area (Å²) >= 11 is 0. The maximum atomic E-state index is 2.39. The Balaban J connectivity index is 0.000000322. The molecule has 0 radical (unpaired) electrons. The first-order chi connectivity index (χ1) is 15.4. The van der Waals surface area contributed by atoms with E-state index in [1.165, 1.54) is 38.2 Å². The van der Waals surface area contributed by atoms with Crippen LogP contribution in [0.4, 0.5) is 0 Å². The van der Waals surface area contributed by atoms with Crippen molar-refractivity contribution in [2.24, 2.45) is 0 Å². The average Bonchev–Trinajstić information content (AvgIpc) is 3.36. The Labute approximate surface area is 239 Å². The van der Waals surface area contributed by atoms with E-state index in [2.05, 4.69) is 132 Å². The second-order valence-corrected chi connectivity index (χ2v) is 12.5. The van der Waals surface area contributed by atoms with Crippen LogP contribution in [0.15, 0.2) is 97.1 Å². The molecule has 0 aromatic heterocycles. The molecule has 35 heavy (non-hydrogen) atoms. The van der Waals surface area contributed by atoms with Crippen LogP contribution < -0.4 is 30.1 Å². The van der Waals surface area contributed by atoms with Crippen LogP contribution in [-0.4, -0.2) is 11.3 Å². The van der Waals surface area contributed by atoms with Crippen molar-refractivity contribution in [2.75, 3.05) is 0 Å². The molecule has 0 aliphatic heterocycles. The Morgan fingerprint density at radius 3 is 1.89 bits per heavy atom. The quantitative estimate of drug-likeness (QED) is 0.182. The second kappa shape index (κ2) is 14.4. The smallest absolute Gasteiger partial charge is 1.00 e. The first-order valence-corrected chi connectivity index (χ1v) is 13.1. The fraction of sp³-hybridized carbons (Fsp3) is 0.226. The zero-order valence-corrected chi connectivity index (χ0v) is 25.1. The minimum Gasteiger partial charge on any atom is -1.00 e. The van der Waals surface area contributed by atoms with Crippen molar-refractivity contribution in [3.8, 4) is 11.1 Å². The molecule has 0 saturated carbocycles. The molecule has 0 amide bonds. The van der Waals surface area contributed by atoms with Gasteiger partial charge in [0, 0.05) is 0 Å². The first-order valence-electron chi connectivity index (χ1n) is 11.6. The molecule has 0 N–H and O–H groups in total. The predicted molar refractivity (Wildman–Crippen MR) is 146 cm³/mol. The van der Waals surface area contributed by atoms with Gasteiger partial charge in [-0.15, -0.1) is 74.9 Å². The number of benzene rings is 3. The van der Waals surface area contributed by atoms with Crippen molar-refractivity contribution < 1.29 is 46.5 Å². The predicted octanol–water partition coefficient (Wildman–Crippen LogP) is 3.02. The summed E-state index contributed by atoms with van der Waals surface area (Å²) < 4.78 is 0. The van der Waals surface area contributed by atoms with Crippen molar-refractivity contribution in [1.82, 2.24) is 0 Å². The van der Waals surface area contributed by atoms with Gasteiger partial charge in [0.05, 0.1) is 0 Å². The maximum absolute atomic E-state index is 2.39. The molecule has 0 atom stereocenters. The molecule has 4 heteroatoms. The van der Waals surface area contributed by atoms with Gasteiger partial charge in [-0.3, -0.25) is 0 Å². The van der Waals surface area contributed by atoms with Crippen LogP contribution in [0.25, 0.3) is 32.7 Å². The normalized spacial score (nSPS) is 10.5. The van der Waals surface area contributed by atoms with E-state index in [0.29, 0.717) is 0 Å². The Kier molecular flexibility index (Phi) is 13.0. The monoisotopic (exact) mass is 554 g/mol. The summed E-state index contributed by atoms with van der Waals surface area (Å²) in [7, 11) is -0.0206. The van der Waals surface area contributed by atoms with Crippen molar-refractivity contribution in [3.63, 3.8) is 0 Å². The average molecular weight is 555 g/mol. The molecule has 5 aromatic rings. The van der Waals surface area contributed by atoms with Gasteiger partial charge in [0.1, 0.15) is 0 Å². The molecule has 0 saturated heterocycles. The van der Waals surface area contributed by atoms with E-state index >= 15 is 0 Å². The van der Waals surface area contributed by atoms with Gasteiger partial charge in [-0.1, -0.05) is 90.6 Å². The van der Waals surface area contributed by atoms with Crippen LogP contribution in [-0.2, 0) is 21.7 Å². The Hall–Kier alpha value is -1.40. The summed E-state index contributed by atoms with van der Waals surface area (Å²) in [6, 6.07) is 35.0. The van der Waals surface area contributed by atoms with Crippen molar-refractivity contribution >= 4 is 34.8 Å². The molecule has 0 aliphatic rings. The number of aryl methyl sites for hydroxylation is 1. The number of hydrogen-bond donors (Lipinski definition) is 0.